The summed E-state index contributed by atoms with van der Waals surface area (Å²) < 4.78 is 1.75. The third-order valence-electron chi connectivity index (χ3n) is 5.24. The fraction of sp³-hybridized carbons (Fsp3) is 0.238. The van der Waals surface area contributed by atoms with Crippen LogP contribution in [-0.4, -0.2) is 27.5 Å². The lowest BCUT2D eigenvalue weighted by Gasteiger charge is -2.35. The third kappa shape index (κ3) is 3.04. The molecule has 0 radical (unpaired) electrons. The lowest BCUT2D eigenvalue weighted by atomic mass is 9.98. The van der Waals surface area contributed by atoms with Gasteiger partial charge >= 0.3 is 0 Å². The Morgan fingerprint density at radius 2 is 1.96 bits per heavy atom. The van der Waals surface area contributed by atoms with Crippen LogP contribution in [0.5, 0.6) is 0 Å². The van der Waals surface area contributed by atoms with E-state index in [2.05, 4.69) is 38.8 Å². The van der Waals surface area contributed by atoms with Gasteiger partial charge in [-0.05, 0) is 47.0 Å². The second-order valence-electron chi connectivity index (χ2n) is 6.76. The summed E-state index contributed by atoms with van der Waals surface area (Å²) in [6.07, 6.45) is 2.77. The van der Waals surface area contributed by atoms with Gasteiger partial charge in [-0.15, -0.1) is 22.7 Å². The number of thiophene rings is 2. The average Bonchev–Trinajstić information content (AvgIpc) is 3.39. The molecule has 4 heterocycles. The molecule has 0 aliphatic carbocycles. The predicted molar refractivity (Wildman–Crippen MR) is 112 cm³/mol. The van der Waals surface area contributed by atoms with Gasteiger partial charge in [-0.1, -0.05) is 18.2 Å². The maximum atomic E-state index is 12.8. The van der Waals surface area contributed by atoms with Crippen molar-refractivity contribution in [3.8, 4) is 0 Å². The number of hydrogen-bond donors (Lipinski definition) is 0. The zero-order chi connectivity index (χ0) is 18.2. The Morgan fingerprint density at radius 3 is 2.85 bits per heavy atom. The number of fused-ring (bicyclic) bond motifs is 2. The molecule has 0 unspecified atom stereocenters. The zero-order valence-electron chi connectivity index (χ0n) is 14.7. The highest BCUT2D eigenvalue weighted by molar-refractivity contribution is 7.10. The van der Waals surface area contributed by atoms with Gasteiger partial charge in [0.25, 0.3) is 5.56 Å². The second kappa shape index (κ2) is 7.03. The SMILES string of the molecule is O=c1c2ccccc2ncn1CCN1CCc2sccc2[C@@H]1c1cccs1. The Kier molecular flexibility index (Phi) is 4.39. The van der Waals surface area contributed by atoms with E-state index in [1.54, 1.807) is 10.9 Å². The molecule has 27 heavy (non-hydrogen) atoms. The molecule has 0 saturated heterocycles. The van der Waals surface area contributed by atoms with Gasteiger partial charge in [0, 0.05) is 29.4 Å². The van der Waals surface area contributed by atoms with Gasteiger partial charge in [0.1, 0.15) is 0 Å². The highest BCUT2D eigenvalue weighted by Gasteiger charge is 2.30. The van der Waals surface area contributed by atoms with Gasteiger partial charge in [-0.2, -0.15) is 0 Å². The average molecular weight is 394 g/mol. The van der Waals surface area contributed by atoms with Crippen LogP contribution in [0.25, 0.3) is 10.9 Å². The smallest absolute Gasteiger partial charge is 0.261 e. The first-order valence-electron chi connectivity index (χ1n) is 9.09. The van der Waals surface area contributed by atoms with Crippen LogP contribution in [-0.2, 0) is 13.0 Å². The van der Waals surface area contributed by atoms with Gasteiger partial charge in [-0.3, -0.25) is 14.3 Å². The van der Waals surface area contributed by atoms with Crippen molar-refractivity contribution in [2.75, 3.05) is 13.1 Å². The van der Waals surface area contributed by atoms with E-state index in [1.165, 1.54) is 15.3 Å². The Bertz CT molecular complexity index is 1130. The molecule has 5 rings (SSSR count). The molecule has 1 aromatic carbocycles. The highest BCUT2D eigenvalue weighted by atomic mass is 32.1. The standard InChI is InChI=1S/C21H19N3OS2/c25-21-15-4-1-2-5-17(15)22-14-24(21)11-10-23-9-7-18-16(8-13-27-18)20(23)19-6-3-12-26-19/h1-6,8,12-14,20H,7,9-11H2/t20-/m1/s1. The number of hydrogen-bond acceptors (Lipinski definition) is 5. The van der Waals surface area contributed by atoms with E-state index in [9.17, 15) is 4.79 Å². The summed E-state index contributed by atoms with van der Waals surface area (Å²) in [4.78, 5) is 22.6. The van der Waals surface area contributed by atoms with Crippen LogP contribution in [0.15, 0.2) is 64.3 Å². The van der Waals surface area contributed by atoms with Gasteiger partial charge in [-0.25, -0.2) is 4.98 Å². The van der Waals surface area contributed by atoms with Crippen LogP contribution >= 0.6 is 22.7 Å². The van der Waals surface area contributed by atoms with E-state index in [0.717, 1.165) is 25.0 Å². The van der Waals surface area contributed by atoms with E-state index in [1.807, 2.05) is 46.9 Å². The monoisotopic (exact) mass is 393 g/mol. The number of nitrogens with zero attached hydrogens (tertiary/aromatic N) is 3. The van der Waals surface area contributed by atoms with Crippen LogP contribution in [0.1, 0.15) is 21.4 Å². The van der Waals surface area contributed by atoms with Crippen molar-refractivity contribution in [1.29, 1.82) is 0 Å². The molecule has 1 aliphatic rings. The highest BCUT2D eigenvalue weighted by Crippen LogP contribution is 2.39. The number of benzene rings is 1. The van der Waals surface area contributed by atoms with Gasteiger partial charge in [0.05, 0.1) is 23.3 Å². The molecule has 0 amide bonds. The maximum Gasteiger partial charge on any atom is 0.261 e. The normalized spacial score (nSPS) is 17.3. The summed E-state index contributed by atoms with van der Waals surface area (Å²) in [6, 6.07) is 14.5. The summed E-state index contributed by atoms with van der Waals surface area (Å²) in [7, 11) is 0. The van der Waals surface area contributed by atoms with Crippen molar-refractivity contribution in [1.82, 2.24) is 14.5 Å². The molecule has 136 valence electrons. The van der Waals surface area contributed by atoms with E-state index < -0.39 is 0 Å². The minimum Gasteiger partial charge on any atom is -0.297 e. The van der Waals surface area contributed by atoms with Crippen LogP contribution in [0.4, 0.5) is 0 Å². The van der Waals surface area contributed by atoms with Crippen molar-refractivity contribution in [3.63, 3.8) is 0 Å². The molecular formula is C21H19N3OS2. The number of aromatic nitrogens is 2. The maximum absolute atomic E-state index is 12.8. The molecule has 1 aliphatic heterocycles. The fourth-order valence-electron chi connectivity index (χ4n) is 3.89. The quantitative estimate of drug-likeness (QED) is 0.522. The minimum atomic E-state index is 0.0431. The fourth-order valence-corrected chi connectivity index (χ4v) is 5.67. The van der Waals surface area contributed by atoms with Gasteiger partial charge < -0.3 is 0 Å². The van der Waals surface area contributed by atoms with E-state index >= 15 is 0 Å². The number of rotatable bonds is 4. The van der Waals surface area contributed by atoms with Crippen LogP contribution in [0.3, 0.4) is 0 Å². The summed E-state index contributed by atoms with van der Waals surface area (Å²) in [5.74, 6) is 0. The third-order valence-corrected chi connectivity index (χ3v) is 7.16. The summed E-state index contributed by atoms with van der Waals surface area (Å²) >= 11 is 3.67. The Balaban J connectivity index is 1.44. The largest absolute Gasteiger partial charge is 0.297 e. The van der Waals surface area contributed by atoms with Crippen molar-refractivity contribution < 1.29 is 0 Å². The molecule has 0 fully saturated rings. The molecule has 4 aromatic rings. The van der Waals surface area contributed by atoms with E-state index in [-0.39, 0.29) is 5.56 Å². The van der Waals surface area contributed by atoms with Crippen molar-refractivity contribution in [3.05, 3.63) is 85.2 Å². The molecule has 0 spiro atoms. The molecule has 3 aromatic heterocycles. The molecule has 4 nitrogen and oxygen atoms in total. The van der Waals surface area contributed by atoms with Gasteiger partial charge in [0.15, 0.2) is 0 Å². The second-order valence-corrected chi connectivity index (χ2v) is 8.74. The molecule has 6 heteroatoms. The van der Waals surface area contributed by atoms with Crippen LogP contribution in [0, 0.1) is 0 Å². The topological polar surface area (TPSA) is 38.1 Å². The molecule has 0 saturated carbocycles. The zero-order valence-corrected chi connectivity index (χ0v) is 16.4. The first-order chi connectivity index (χ1) is 13.3. The summed E-state index contributed by atoms with van der Waals surface area (Å²) in [5.41, 5.74) is 2.23. The lowest BCUT2D eigenvalue weighted by Crippen LogP contribution is -2.38. The Labute approximate surface area is 165 Å². The Hall–Kier alpha value is -2.28. The summed E-state index contributed by atoms with van der Waals surface area (Å²) in [6.45, 7) is 2.50. The molecular weight excluding hydrogens is 374 g/mol. The first-order valence-corrected chi connectivity index (χ1v) is 10.8. The van der Waals surface area contributed by atoms with E-state index in [4.69, 9.17) is 0 Å². The van der Waals surface area contributed by atoms with Crippen LogP contribution < -0.4 is 5.56 Å². The summed E-state index contributed by atoms with van der Waals surface area (Å²) in [5, 5.41) is 5.03. The number of para-hydroxylation sites is 1. The Morgan fingerprint density at radius 1 is 1.04 bits per heavy atom. The minimum absolute atomic E-state index is 0.0431. The molecule has 0 N–H and O–H groups in total. The molecule has 1 atom stereocenters. The van der Waals surface area contributed by atoms with Crippen molar-refractivity contribution in [2.24, 2.45) is 0 Å². The van der Waals surface area contributed by atoms with Crippen LogP contribution in [0.2, 0.25) is 0 Å². The lowest BCUT2D eigenvalue weighted by molar-refractivity contribution is 0.208. The van der Waals surface area contributed by atoms with Crippen molar-refractivity contribution >= 4 is 33.6 Å². The molecule has 0 bridgehead atoms. The predicted octanol–water partition coefficient (Wildman–Crippen LogP) is 4.17. The van der Waals surface area contributed by atoms with Crippen molar-refractivity contribution in [2.45, 2.75) is 19.0 Å². The first kappa shape index (κ1) is 16.9. The van der Waals surface area contributed by atoms with E-state index in [0.29, 0.717) is 18.0 Å². The van der Waals surface area contributed by atoms with Gasteiger partial charge in [0.2, 0.25) is 0 Å².